The van der Waals surface area contributed by atoms with E-state index in [4.69, 9.17) is 5.26 Å². The molecule has 0 bridgehead atoms. The van der Waals surface area contributed by atoms with Crippen LogP contribution in [0.1, 0.15) is 11.3 Å². The second-order valence-corrected chi connectivity index (χ2v) is 4.50. The van der Waals surface area contributed by atoms with Gasteiger partial charge in [-0.1, -0.05) is 6.07 Å². The molecule has 1 heterocycles. The van der Waals surface area contributed by atoms with E-state index in [2.05, 4.69) is 4.98 Å². The van der Waals surface area contributed by atoms with Crippen molar-refractivity contribution in [2.45, 2.75) is 10.6 Å². The molecule has 2 nitrogen and oxygen atoms in total. The quantitative estimate of drug-likeness (QED) is 0.794. The van der Waals surface area contributed by atoms with Gasteiger partial charge in [0.15, 0.2) is 0 Å². The molecular weight excluding hydrogens is 254 g/mol. The highest BCUT2D eigenvalue weighted by Gasteiger charge is 2.07. The van der Waals surface area contributed by atoms with Crippen LogP contribution in [-0.2, 0) is 5.75 Å². The van der Waals surface area contributed by atoms with Crippen LogP contribution < -0.4 is 0 Å². The molecule has 0 N–H and O–H groups in total. The Labute approximate surface area is 107 Å². The predicted molar refractivity (Wildman–Crippen MR) is 64.9 cm³/mol. The van der Waals surface area contributed by atoms with Crippen LogP contribution in [0.3, 0.4) is 0 Å². The van der Waals surface area contributed by atoms with Gasteiger partial charge in [0.25, 0.3) is 0 Å². The summed E-state index contributed by atoms with van der Waals surface area (Å²) >= 11 is 1.21. The summed E-state index contributed by atoms with van der Waals surface area (Å²) in [6.07, 6.45) is 1.53. The molecule has 0 aliphatic heterocycles. The van der Waals surface area contributed by atoms with Gasteiger partial charge in [-0.25, -0.2) is 13.8 Å². The zero-order valence-electron chi connectivity index (χ0n) is 9.23. The zero-order valence-corrected chi connectivity index (χ0v) is 10.0. The summed E-state index contributed by atoms with van der Waals surface area (Å²) in [5, 5.41) is 8.86. The van der Waals surface area contributed by atoms with E-state index in [1.165, 1.54) is 30.1 Å². The lowest BCUT2D eigenvalue weighted by Gasteiger charge is -2.04. The van der Waals surface area contributed by atoms with E-state index in [-0.39, 0.29) is 0 Å². The maximum absolute atomic E-state index is 13.4. The molecule has 0 unspecified atom stereocenters. The van der Waals surface area contributed by atoms with E-state index in [0.29, 0.717) is 16.3 Å². The Morgan fingerprint density at radius 3 is 2.83 bits per heavy atom. The highest BCUT2D eigenvalue weighted by molar-refractivity contribution is 7.98. The zero-order chi connectivity index (χ0) is 13.0. The Morgan fingerprint density at radius 2 is 2.11 bits per heavy atom. The molecule has 0 aliphatic rings. The third kappa shape index (κ3) is 2.84. The average molecular weight is 262 g/mol. The van der Waals surface area contributed by atoms with Crippen molar-refractivity contribution in [3.63, 3.8) is 0 Å². The summed E-state index contributed by atoms with van der Waals surface area (Å²) in [6, 6.07) is 8.90. The molecule has 0 spiro atoms. The minimum Gasteiger partial charge on any atom is -0.245 e. The minimum atomic E-state index is -0.601. The van der Waals surface area contributed by atoms with Crippen molar-refractivity contribution in [1.29, 1.82) is 5.26 Å². The van der Waals surface area contributed by atoms with Crippen molar-refractivity contribution in [1.82, 2.24) is 4.98 Å². The Bertz CT molecular complexity index is 608. The van der Waals surface area contributed by atoms with Gasteiger partial charge in [-0.05, 0) is 23.8 Å². The lowest BCUT2D eigenvalue weighted by Crippen LogP contribution is -1.91. The summed E-state index contributed by atoms with van der Waals surface area (Å²) in [5.41, 5.74) is 1.06. The molecule has 1 aromatic carbocycles. The van der Waals surface area contributed by atoms with Crippen LogP contribution >= 0.6 is 11.8 Å². The fourth-order valence-corrected chi connectivity index (χ4v) is 2.31. The monoisotopic (exact) mass is 262 g/mol. The molecule has 18 heavy (non-hydrogen) atoms. The molecule has 0 aliphatic carbocycles. The summed E-state index contributed by atoms with van der Waals surface area (Å²) in [5.74, 6) is -0.780. The van der Waals surface area contributed by atoms with Gasteiger partial charge in [0.2, 0.25) is 0 Å². The number of nitrogens with zero attached hydrogens (tertiary/aromatic N) is 2. The SMILES string of the molecule is N#Cc1ncccc1CSc1ccc(F)cc1F. The van der Waals surface area contributed by atoms with E-state index < -0.39 is 11.6 Å². The van der Waals surface area contributed by atoms with Crippen molar-refractivity contribution in [3.05, 3.63) is 59.4 Å². The number of aromatic nitrogens is 1. The molecular formula is C13H8F2N2S. The number of nitriles is 1. The number of benzene rings is 1. The van der Waals surface area contributed by atoms with Crippen molar-refractivity contribution in [2.24, 2.45) is 0 Å². The van der Waals surface area contributed by atoms with Crippen LogP contribution in [0, 0.1) is 23.0 Å². The fourth-order valence-electron chi connectivity index (χ4n) is 1.40. The minimum absolute atomic E-state index is 0.326. The molecule has 0 fully saturated rings. The molecule has 2 aromatic rings. The maximum atomic E-state index is 13.4. The molecule has 1 aromatic heterocycles. The van der Waals surface area contributed by atoms with Crippen molar-refractivity contribution < 1.29 is 8.78 Å². The van der Waals surface area contributed by atoms with Crippen LogP contribution in [0.5, 0.6) is 0 Å². The number of halogens is 2. The fraction of sp³-hybridized carbons (Fsp3) is 0.0769. The van der Waals surface area contributed by atoms with Crippen LogP contribution in [0.25, 0.3) is 0 Å². The average Bonchev–Trinajstić information content (AvgIpc) is 2.38. The van der Waals surface area contributed by atoms with Gasteiger partial charge in [-0.3, -0.25) is 0 Å². The van der Waals surface area contributed by atoms with Gasteiger partial charge in [0.1, 0.15) is 23.4 Å². The molecule has 0 saturated carbocycles. The molecule has 0 radical (unpaired) electrons. The second kappa shape index (κ2) is 5.61. The smallest absolute Gasteiger partial charge is 0.144 e. The van der Waals surface area contributed by atoms with Crippen LogP contribution in [-0.4, -0.2) is 4.98 Å². The summed E-state index contributed by atoms with van der Waals surface area (Å²) in [4.78, 5) is 4.27. The van der Waals surface area contributed by atoms with Gasteiger partial charge in [0.05, 0.1) is 0 Å². The van der Waals surface area contributed by atoms with E-state index in [1.54, 1.807) is 12.1 Å². The highest BCUT2D eigenvalue weighted by Crippen LogP contribution is 2.26. The third-order valence-corrected chi connectivity index (χ3v) is 3.37. The van der Waals surface area contributed by atoms with E-state index in [1.807, 2.05) is 6.07 Å². The molecule has 90 valence electrons. The first-order valence-electron chi connectivity index (χ1n) is 5.12. The normalized spacial score (nSPS) is 10.1. The molecule has 2 rings (SSSR count). The van der Waals surface area contributed by atoms with Crippen LogP contribution in [0.15, 0.2) is 41.4 Å². The lowest BCUT2D eigenvalue weighted by atomic mass is 10.2. The topological polar surface area (TPSA) is 36.7 Å². The third-order valence-electron chi connectivity index (χ3n) is 2.27. The number of hydrogen-bond donors (Lipinski definition) is 0. The standard InChI is InChI=1S/C13H8F2N2S/c14-10-3-4-13(11(15)6-10)18-8-9-2-1-5-17-12(9)7-16/h1-6H,8H2. The van der Waals surface area contributed by atoms with Crippen molar-refractivity contribution >= 4 is 11.8 Å². The van der Waals surface area contributed by atoms with Gasteiger partial charge in [-0.2, -0.15) is 5.26 Å². The Balaban J connectivity index is 2.14. The number of pyridine rings is 1. The molecule has 0 saturated heterocycles. The first-order chi connectivity index (χ1) is 8.70. The number of rotatable bonds is 3. The summed E-state index contributed by atoms with van der Waals surface area (Å²) in [7, 11) is 0. The van der Waals surface area contributed by atoms with Crippen LogP contribution in [0.4, 0.5) is 8.78 Å². The van der Waals surface area contributed by atoms with Crippen LogP contribution in [0.2, 0.25) is 0 Å². The first kappa shape index (κ1) is 12.5. The summed E-state index contributed by atoms with van der Waals surface area (Å²) in [6.45, 7) is 0. The molecule has 0 atom stereocenters. The second-order valence-electron chi connectivity index (χ2n) is 3.49. The van der Waals surface area contributed by atoms with Gasteiger partial charge in [-0.15, -0.1) is 11.8 Å². The van der Waals surface area contributed by atoms with E-state index in [9.17, 15) is 8.78 Å². The highest BCUT2D eigenvalue weighted by atomic mass is 32.2. The van der Waals surface area contributed by atoms with Gasteiger partial charge >= 0.3 is 0 Å². The summed E-state index contributed by atoms with van der Waals surface area (Å²) < 4.78 is 26.1. The van der Waals surface area contributed by atoms with Crippen molar-refractivity contribution in [3.8, 4) is 6.07 Å². The van der Waals surface area contributed by atoms with Gasteiger partial charge in [0, 0.05) is 22.9 Å². The largest absolute Gasteiger partial charge is 0.245 e. The van der Waals surface area contributed by atoms with Gasteiger partial charge < -0.3 is 0 Å². The lowest BCUT2D eigenvalue weighted by molar-refractivity contribution is 0.565. The Hall–Kier alpha value is -1.93. The maximum Gasteiger partial charge on any atom is 0.144 e. The Morgan fingerprint density at radius 1 is 1.28 bits per heavy atom. The van der Waals surface area contributed by atoms with E-state index in [0.717, 1.165) is 11.6 Å². The first-order valence-corrected chi connectivity index (χ1v) is 6.11. The molecule has 0 amide bonds. The van der Waals surface area contributed by atoms with E-state index >= 15 is 0 Å². The predicted octanol–water partition coefficient (Wildman–Crippen LogP) is 3.52. The number of hydrogen-bond acceptors (Lipinski definition) is 3. The number of thioether (sulfide) groups is 1. The van der Waals surface area contributed by atoms with Crippen molar-refractivity contribution in [2.75, 3.05) is 0 Å². The Kier molecular flexibility index (Phi) is 3.90. The molecule has 5 heteroatoms.